The van der Waals surface area contributed by atoms with E-state index in [1.807, 2.05) is 0 Å². The van der Waals surface area contributed by atoms with Crippen molar-refractivity contribution < 1.29 is 4.79 Å². The summed E-state index contributed by atoms with van der Waals surface area (Å²) in [7, 11) is 0. The van der Waals surface area contributed by atoms with Crippen LogP contribution in [0.25, 0.3) is 0 Å². The van der Waals surface area contributed by atoms with E-state index >= 15 is 0 Å². The van der Waals surface area contributed by atoms with E-state index < -0.39 is 0 Å². The lowest BCUT2D eigenvalue weighted by atomic mass is 10.0. The first-order valence-corrected chi connectivity index (χ1v) is 4.57. The second-order valence-corrected chi connectivity index (χ2v) is 3.46. The lowest BCUT2D eigenvalue weighted by Gasteiger charge is -2.00. The predicted molar refractivity (Wildman–Crippen MR) is 51.0 cm³/mol. The molecule has 1 heteroatoms. The Morgan fingerprint density at radius 3 is 2.92 bits per heavy atom. The number of Topliss-reactive ketones (excluding diaryl/α,β-unsaturated/α-hetero) is 1. The Labute approximate surface area is 74.2 Å². The van der Waals surface area contributed by atoms with Crippen LogP contribution in [0, 0.1) is 0 Å². The normalized spacial score (nSPS) is 15.9. The molecule has 0 unspecified atom stereocenters. The van der Waals surface area contributed by atoms with Gasteiger partial charge in [0.1, 0.15) is 0 Å². The van der Waals surface area contributed by atoms with Gasteiger partial charge in [-0.15, -0.1) is 0 Å². The third-order valence-electron chi connectivity index (χ3n) is 2.28. The van der Waals surface area contributed by atoms with Gasteiger partial charge in [0.15, 0.2) is 5.78 Å². The molecule has 1 nitrogen and oxygen atoms in total. The minimum atomic E-state index is 0.211. The van der Waals surface area contributed by atoms with E-state index in [2.05, 4.69) is 12.7 Å². The SMILES string of the molecule is C=C(C)C(=O)CCC1=CCCC1. The first kappa shape index (κ1) is 9.24. The standard InChI is InChI=1S/C11H16O/c1-9(2)11(12)8-7-10-5-3-4-6-10/h5H,1,3-4,6-8H2,2H3. The molecule has 0 fully saturated rings. The van der Waals surface area contributed by atoms with Gasteiger partial charge in [0.2, 0.25) is 0 Å². The van der Waals surface area contributed by atoms with Crippen molar-refractivity contribution in [3.8, 4) is 0 Å². The largest absolute Gasteiger partial charge is 0.295 e. The quantitative estimate of drug-likeness (QED) is 0.461. The van der Waals surface area contributed by atoms with Crippen LogP contribution in [-0.4, -0.2) is 5.78 Å². The molecule has 0 amide bonds. The molecule has 0 aromatic carbocycles. The third kappa shape index (κ3) is 2.65. The van der Waals surface area contributed by atoms with Crippen LogP contribution in [0.2, 0.25) is 0 Å². The van der Waals surface area contributed by atoms with E-state index in [0.717, 1.165) is 6.42 Å². The summed E-state index contributed by atoms with van der Waals surface area (Å²) in [6.07, 6.45) is 7.55. The van der Waals surface area contributed by atoms with Crippen molar-refractivity contribution in [3.05, 3.63) is 23.8 Å². The first-order valence-electron chi connectivity index (χ1n) is 4.57. The van der Waals surface area contributed by atoms with Gasteiger partial charge in [0.25, 0.3) is 0 Å². The number of allylic oxidation sites excluding steroid dienone is 3. The van der Waals surface area contributed by atoms with Crippen molar-refractivity contribution in [2.24, 2.45) is 0 Å². The second-order valence-electron chi connectivity index (χ2n) is 3.46. The smallest absolute Gasteiger partial charge is 0.158 e. The van der Waals surface area contributed by atoms with Crippen LogP contribution in [0.15, 0.2) is 23.8 Å². The Bertz CT molecular complexity index is 221. The summed E-state index contributed by atoms with van der Waals surface area (Å²) in [5.74, 6) is 0.211. The highest BCUT2D eigenvalue weighted by molar-refractivity contribution is 5.94. The molecular formula is C11H16O. The molecule has 1 aliphatic carbocycles. The fourth-order valence-corrected chi connectivity index (χ4v) is 1.45. The summed E-state index contributed by atoms with van der Waals surface area (Å²) >= 11 is 0. The summed E-state index contributed by atoms with van der Waals surface area (Å²) in [5, 5.41) is 0. The van der Waals surface area contributed by atoms with Crippen molar-refractivity contribution in [2.75, 3.05) is 0 Å². The number of ketones is 1. The molecular weight excluding hydrogens is 148 g/mol. The van der Waals surface area contributed by atoms with E-state index in [-0.39, 0.29) is 5.78 Å². The zero-order chi connectivity index (χ0) is 8.97. The lowest BCUT2D eigenvalue weighted by Crippen LogP contribution is -1.98. The molecule has 12 heavy (non-hydrogen) atoms. The number of carbonyl (C=O) groups excluding carboxylic acids is 1. The molecule has 0 heterocycles. The van der Waals surface area contributed by atoms with Crippen LogP contribution in [0.1, 0.15) is 39.0 Å². The van der Waals surface area contributed by atoms with Crippen LogP contribution in [-0.2, 0) is 4.79 Å². The molecule has 0 spiro atoms. The number of rotatable bonds is 4. The molecule has 0 aromatic heterocycles. The number of hydrogen-bond donors (Lipinski definition) is 0. The van der Waals surface area contributed by atoms with Gasteiger partial charge >= 0.3 is 0 Å². The Morgan fingerprint density at radius 1 is 1.67 bits per heavy atom. The highest BCUT2D eigenvalue weighted by Crippen LogP contribution is 2.22. The maximum Gasteiger partial charge on any atom is 0.158 e. The van der Waals surface area contributed by atoms with E-state index in [4.69, 9.17) is 0 Å². The Morgan fingerprint density at radius 2 is 2.42 bits per heavy atom. The summed E-state index contributed by atoms with van der Waals surface area (Å²) < 4.78 is 0. The van der Waals surface area contributed by atoms with Gasteiger partial charge in [-0.25, -0.2) is 0 Å². The third-order valence-corrected chi connectivity index (χ3v) is 2.28. The molecule has 0 aliphatic heterocycles. The molecule has 1 aliphatic rings. The zero-order valence-electron chi connectivity index (χ0n) is 7.73. The molecule has 0 aromatic rings. The maximum atomic E-state index is 11.2. The van der Waals surface area contributed by atoms with Gasteiger partial charge in [-0.2, -0.15) is 0 Å². The molecule has 66 valence electrons. The van der Waals surface area contributed by atoms with Gasteiger partial charge < -0.3 is 0 Å². The number of hydrogen-bond acceptors (Lipinski definition) is 1. The Kier molecular flexibility index (Phi) is 3.27. The monoisotopic (exact) mass is 164 g/mol. The van der Waals surface area contributed by atoms with Crippen LogP contribution < -0.4 is 0 Å². The maximum absolute atomic E-state index is 11.2. The highest BCUT2D eigenvalue weighted by Gasteiger charge is 2.07. The zero-order valence-corrected chi connectivity index (χ0v) is 7.73. The van der Waals surface area contributed by atoms with Crippen molar-refractivity contribution in [1.29, 1.82) is 0 Å². The topological polar surface area (TPSA) is 17.1 Å². The molecule has 0 saturated carbocycles. The molecule has 0 N–H and O–H groups in total. The summed E-state index contributed by atoms with van der Waals surface area (Å²) in [6, 6.07) is 0. The van der Waals surface area contributed by atoms with Crippen LogP contribution in [0.3, 0.4) is 0 Å². The molecule has 0 saturated heterocycles. The van der Waals surface area contributed by atoms with E-state index in [1.54, 1.807) is 6.92 Å². The minimum absolute atomic E-state index is 0.211. The molecule has 0 atom stereocenters. The van der Waals surface area contributed by atoms with Crippen LogP contribution in [0.5, 0.6) is 0 Å². The summed E-state index contributed by atoms with van der Waals surface area (Å²) in [6.45, 7) is 5.41. The van der Waals surface area contributed by atoms with Crippen LogP contribution >= 0.6 is 0 Å². The van der Waals surface area contributed by atoms with Crippen molar-refractivity contribution in [1.82, 2.24) is 0 Å². The van der Waals surface area contributed by atoms with Gasteiger partial charge in [0, 0.05) is 6.42 Å². The fraction of sp³-hybridized carbons (Fsp3) is 0.545. The van der Waals surface area contributed by atoms with E-state index in [9.17, 15) is 4.79 Å². The predicted octanol–water partition coefficient (Wildman–Crippen LogP) is 3.02. The average molecular weight is 164 g/mol. The lowest BCUT2D eigenvalue weighted by molar-refractivity contribution is -0.115. The van der Waals surface area contributed by atoms with Gasteiger partial charge in [-0.3, -0.25) is 4.79 Å². The summed E-state index contributed by atoms with van der Waals surface area (Å²) in [4.78, 5) is 11.2. The van der Waals surface area contributed by atoms with Crippen molar-refractivity contribution in [3.63, 3.8) is 0 Å². The second kappa shape index (κ2) is 4.24. The fourth-order valence-electron chi connectivity index (χ4n) is 1.45. The van der Waals surface area contributed by atoms with Crippen molar-refractivity contribution in [2.45, 2.75) is 39.0 Å². The van der Waals surface area contributed by atoms with Gasteiger partial charge in [-0.1, -0.05) is 18.2 Å². The first-order chi connectivity index (χ1) is 5.70. The number of carbonyl (C=O) groups is 1. The molecule has 0 radical (unpaired) electrons. The minimum Gasteiger partial charge on any atom is -0.295 e. The van der Waals surface area contributed by atoms with Crippen LogP contribution in [0.4, 0.5) is 0 Å². The van der Waals surface area contributed by atoms with E-state index in [0.29, 0.717) is 12.0 Å². The van der Waals surface area contributed by atoms with Gasteiger partial charge in [0.05, 0.1) is 0 Å². The average Bonchev–Trinajstić information content (AvgIpc) is 2.51. The van der Waals surface area contributed by atoms with Crippen molar-refractivity contribution >= 4 is 5.78 Å². The molecule has 1 rings (SSSR count). The Balaban J connectivity index is 2.25. The van der Waals surface area contributed by atoms with E-state index in [1.165, 1.54) is 24.8 Å². The Hall–Kier alpha value is -0.850. The molecule has 0 bridgehead atoms. The highest BCUT2D eigenvalue weighted by atomic mass is 16.1. The summed E-state index contributed by atoms with van der Waals surface area (Å²) in [5.41, 5.74) is 2.15. The van der Waals surface area contributed by atoms with Gasteiger partial charge in [-0.05, 0) is 38.2 Å².